The fourth-order valence-electron chi connectivity index (χ4n) is 2.64. The number of carbonyl (C=O) groups excluding carboxylic acids is 1. The lowest BCUT2D eigenvalue weighted by Crippen LogP contribution is -2.26. The second-order valence-corrected chi connectivity index (χ2v) is 5.13. The maximum absolute atomic E-state index is 12.8. The first kappa shape index (κ1) is 12.6. The molecule has 0 bridgehead atoms. The maximum Gasteiger partial charge on any atom is 0.166 e. The van der Waals surface area contributed by atoms with E-state index >= 15 is 0 Å². The average molecular weight is 262 g/mol. The molecule has 3 rings (SSSR count). The van der Waals surface area contributed by atoms with Crippen LogP contribution in [0.25, 0.3) is 0 Å². The van der Waals surface area contributed by atoms with Gasteiger partial charge < -0.3 is 0 Å². The van der Waals surface area contributed by atoms with Crippen LogP contribution in [0.3, 0.4) is 0 Å². The molecule has 1 heterocycles. The van der Waals surface area contributed by atoms with E-state index in [9.17, 15) is 10.1 Å². The number of hydrogen-bond donors (Lipinski definition) is 0. The molecule has 0 N–H and O–H groups in total. The summed E-state index contributed by atoms with van der Waals surface area (Å²) in [7, 11) is 0. The molecule has 1 aromatic carbocycles. The number of benzene rings is 1. The molecule has 1 fully saturated rings. The zero-order chi connectivity index (χ0) is 14.0. The van der Waals surface area contributed by atoms with Crippen LogP contribution in [0, 0.1) is 11.3 Å². The van der Waals surface area contributed by atoms with E-state index in [2.05, 4.69) is 11.1 Å². The minimum absolute atomic E-state index is 0.0232. The van der Waals surface area contributed by atoms with E-state index in [-0.39, 0.29) is 5.78 Å². The van der Waals surface area contributed by atoms with Gasteiger partial charge in [-0.1, -0.05) is 36.4 Å². The summed E-state index contributed by atoms with van der Waals surface area (Å²) in [5, 5.41) is 9.38. The molecule has 0 saturated heterocycles. The first-order valence-electron chi connectivity index (χ1n) is 6.68. The third-order valence-corrected chi connectivity index (χ3v) is 3.92. The van der Waals surface area contributed by atoms with Crippen molar-refractivity contribution in [2.75, 3.05) is 0 Å². The lowest BCUT2D eigenvalue weighted by atomic mass is 9.83. The van der Waals surface area contributed by atoms with Crippen molar-refractivity contribution in [3.63, 3.8) is 0 Å². The molecule has 0 radical (unpaired) electrons. The maximum atomic E-state index is 12.8. The van der Waals surface area contributed by atoms with Crippen molar-refractivity contribution in [3.05, 3.63) is 66.0 Å². The van der Waals surface area contributed by atoms with Gasteiger partial charge in [0, 0.05) is 6.20 Å². The van der Waals surface area contributed by atoms with Crippen LogP contribution in [0.5, 0.6) is 0 Å². The smallest absolute Gasteiger partial charge is 0.166 e. The lowest BCUT2D eigenvalue weighted by molar-refractivity contribution is -0.121. The summed E-state index contributed by atoms with van der Waals surface area (Å²) < 4.78 is 0. The number of hydrogen-bond acceptors (Lipinski definition) is 3. The van der Waals surface area contributed by atoms with Crippen LogP contribution < -0.4 is 0 Å². The number of carbonyl (C=O) groups is 1. The highest BCUT2D eigenvalue weighted by Gasteiger charge is 2.53. The Balaban J connectivity index is 1.95. The molecular weight excluding hydrogens is 248 g/mol. The molecule has 20 heavy (non-hydrogen) atoms. The SMILES string of the molecule is N#CC(C(=O)C1(c2ccccc2)CC1)c1ccccn1. The molecule has 2 aromatic rings. The van der Waals surface area contributed by atoms with E-state index in [1.807, 2.05) is 36.4 Å². The number of Topliss-reactive ketones (excluding diaryl/α,β-unsaturated/α-hetero) is 1. The number of pyridine rings is 1. The molecule has 1 aliphatic carbocycles. The monoisotopic (exact) mass is 262 g/mol. The van der Waals surface area contributed by atoms with Crippen molar-refractivity contribution >= 4 is 5.78 Å². The standard InChI is InChI=1S/C17H14N2O/c18-12-14(15-8-4-5-11-19-15)16(20)17(9-10-17)13-6-2-1-3-7-13/h1-8,11,14H,9-10H2. The second-order valence-electron chi connectivity index (χ2n) is 5.13. The van der Waals surface area contributed by atoms with Crippen LogP contribution in [-0.2, 0) is 10.2 Å². The van der Waals surface area contributed by atoms with Gasteiger partial charge in [-0.15, -0.1) is 0 Å². The van der Waals surface area contributed by atoms with Gasteiger partial charge >= 0.3 is 0 Å². The number of ketones is 1. The van der Waals surface area contributed by atoms with Crippen LogP contribution in [0.4, 0.5) is 0 Å². The van der Waals surface area contributed by atoms with Gasteiger partial charge in [-0.05, 0) is 30.5 Å². The molecule has 1 aromatic heterocycles. The molecular formula is C17H14N2O. The Kier molecular flexibility index (Phi) is 3.08. The number of rotatable bonds is 4. The van der Waals surface area contributed by atoms with Gasteiger partial charge in [0.1, 0.15) is 5.92 Å². The molecule has 0 amide bonds. The molecule has 0 spiro atoms. The van der Waals surface area contributed by atoms with Crippen LogP contribution in [0.15, 0.2) is 54.7 Å². The molecule has 1 saturated carbocycles. The summed E-state index contributed by atoms with van der Waals surface area (Å²) in [5.41, 5.74) is 1.09. The minimum Gasteiger partial charge on any atom is -0.297 e. The lowest BCUT2D eigenvalue weighted by Gasteiger charge is -2.17. The molecule has 1 unspecified atom stereocenters. The van der Waals surface area contributed by atoms with E-state index in [0.717, 1.165) is 18.4 Å². The third-order valence-electron chi connectivity index (χ3n) is 3.92. The largest absolute Gasteiger partial charge is 0.297 e. The van der Waals surface area contributed by atoms with Gasteiger partial charge in [0.05, 0.1) is 17.2 Å². The van der Waals surface area contributed by atoms with Crippen molar-refractivity contribution in [3.8, 4) is 6.07 Å². The average Bonchev–Trinajstić information content (AvgIpc) is 3.32. The first-order chi connectivity index (χ1) is 9.78. The summed E-state index contributed by atoms with van der Waals surface area (Å²) >= 11 is 0. The van der Waals surface area contributed by atoms with Gasteiger partial charge in [-0.25, -0.2) is 0 Å². The Hall–Kier alpha value is -2.47. The number of aromatic nitrogens is 1. The van der Waals surface area contributed by atoms with E-state index in [1.165, 1.54) is 0 Å². The molecule has 0 aliphatic heterocycles. The van der Waals surface area contributed by atoms with Gasteiger partial charge in [-0.2, -0.15) is 5.26 Å². The Morgan fingerprint density at radius 3 is 2.40 bits per heavy atom. The van der Waals surface area contributed by atoms with Crippen molar-refractivity contribution in [1.82, 2.24) is 4.98 Å². The summed E-state index contributed by atoms with van der Waals surface area (Å²) in [6.07, 6.45) is 3.26. The highest BCUT2D eigenvalue weighted by Crippen LogP contribution is 2.51. The van der Waals surface area contributed by atoms with E-state index in [1.54, 1.807) is 18.3 Å². The summed E-state index contributed by atoms with van der Waals surface area (Å²) in [5.74, 6) is -0.802. The molecule has 1 aliphatic rings. The van der Waals surface area contributed by atoms with Gasteiger partial charge in [-0.3, -0.25) is 9.78 Å². The Morgan fingerprint density at radius 2 is 1.85 bits per heavy atom. The van der Waals surface area contributed by atoms with Gasteiger partial charge in [0.25, 0.3) is 0 Å². The Morgan fingerprint density at radius 1 is 1.15 bits per heavy atom. The van der Waals surface area contributed by atoms with Crippen LogP contribution in [0.1, 0.15) is 30.0 Å². The Bertz CT molecular complexity index is 654. The van der Waals surface area contributed by atoms with Crippen molar-refractivity contribution in [2.45, 2.75) is 24.2 Å². The second kappa shape index (κ2) is 4.90. The van der Waals surface area contributed by atoms with Crippen molar-refractivity contribution in [2.24, 2.45) is 0 Å². The highest BCUT2D eigenvalue weighted by molar-refractivity contribution is 5.99. The fraction of sp³-hybridized carbons (Fsp3) is 0.235. The summed E-state index contributed by atoms with van der Waals surface area (Å²) in [6, 6.07) is 17.2. The predicted octanol–water partition coefficient (Wildman–Crippen LogP) is 2.99. The van der Waals surface area contributed by atoms with Crippen LogP contribution >= 0.6 is 0 Å². The highest BCUT2D eigenvalue weighted by atomic mass is 16.1. The van der Waals surface area contributed by atoms with Crippen molar-refractivity contribution in [1.29, 1.82) is 5.26 Å². The quantitative estimate of drug-likeness (QED) is 0.851. The first-order valence-corrected chi connectivity index (χ1v) is 6.68. The zero-order valence-electron chi connectivity index (χ0n) is 11.0. The fourth-order valence-corrected chi connectivity index (χ4v) is 2.64. The van der Waals surface area contributed by atoms with E-state index in [4.69, 9.17) is 0 Å². The van der Waals surface area contributed by atoms with Gasteiger partial charge in [0.2, 0.25) is 0 Å². The molecule has 1 atom stereocenters. The summed E-state index contributed by atoms with van der Waals surface area (Å²) in [6.45, 7) is 0. The zero-order valence-corrected chi connectivity index (χ0v) is 11.0. The van der Waals surface area contributed by atoms with E-state index in [0.29, 0.717) is 5.69 Å². The third kappa shape index (κ3) is 2.00. The van der Waals surface area contributed by atoms with Crippen LogP contribution in [0.2, 0.25) is 0 Å². The molecule has 3 nitrogen and oxygen atoms in total. The number of nitrogens with zero attached hydrogens (tertiary/aromatic N) is 2. The normalized spacial score (nSPS) is 16.9. The van der Waals surface area contributed by atoms with E-state index < -0.39 is 11.3 Å². The molecule has 98 valence electrons. The molecule has 3 heteroatoms. The minimum atomic E-state index is -0.779. The summed E-state index contributed by atoms with van der Waals surface area (Å²) in [4.78, 5) is 17.0. The topological polar surface area (TPSA) is 53.8 Å². The van der Waals surface area contributed by atoms with Crippen LogP contribution in [-0.4, -0.2) is 10.8 Å². The predicted molar refractivity (Wildman–Crippen MR) is 75.0 cm³/mol. The number of nitriles is 1. The Labute approximate surface area is 117 Å². The van der Waals surface area contributed by atoms with Gasteiger partial charge in [0.15, 0.2) is 5.78 Å². The van der Waals surface area contributed by atoms with Crippen molar-refractivity contribution < 1.29 is 4.79 Å².